The number of benzene rings is 3. The molecule has 0 atom stereocenters. The third kappa shape index (κ3) is 4.16. The van der Waals surface area contributed by atoms with Gasteiger partial charge in [0.2, 0.25) is 0 Å². The van der Waals surface area contributed by atoms with Gasteiger partial charge >= 0.3 is 0 Å². The molecule has 32 heavy (non-hydrogen) atoms. The number of nitrogens with one attached hydrogen (secondary N) is 1. The van der Waals surface area contributed by atoms with Crippen LogP contribution in [-0.2, 0) is 6.54 Å². The van der Waals surface area contributed by atoms with Crippen molar-refractivity contribution in [2.24, 2.45) is 0 Å². The molecule has 0 saturated heterocycles. The van der Waals surface area contributed by atoms with Crippen molar-refractivity contribution in [3.8, 4) is 28.7 Å². The van der Waals surface area contributed by atoms with Gasteiger partial charge in [0.05, 0.1) is 31.5 Å². The molecule has 4 aromatic rings. The number of aryl methyl sites for hydroxylation is 1. The molecule has 0 spiro atoms. The zero-order valence-corrected chi connectivity index (χ0v) is 18.7. The summed E-state index contributed by atoms with van der Waals surface area (Å²) in [5.41, 5.74) is 4.03. The highest BCUT2D eigenvalue weighted by Gasteiger charge is 2.12. The maximum atomic E-state index is 9.49. The lowest BCUT2D eigenvalue weighted by Crippen LogP contribution is -2.06. The fourth-order valence-electron chi connectivity index (χ4n) is 3.61. The predicted molar refractivity (Wildman–Crippen MR) is 126 cm³/mol. The van der Waals surface area contributed by atoms with Gasteiger partial charge in [-0.05, 0) is 55.0 Å². The van der Waals surface area contributed by atoms with Crippen LogP contribution in [0.2, 0.25) is 5.02 Å². The van der Waals surface area contributed by atoms with Crippen LogP contribution in [0.25, 0.3) is 21.9 Å². The molecule has 0 amide bonds. The second kappa shape index (κ2) is 9.13. The second-order valence-electron chi connectivity index (χ2n) is 7.23. The van der Waals surface area contributed by atoms with Crippen LogP contribution in [0.15, 0.2) is 54.6 Å². The minimum atomic E-state index is 0.509. The van der Waals surface area contributed by atoms with E-state index in [9.17, 15) is 5.26 Å². The van der Waals surface area contributed by atoms with E-state index in [1.54, 1.807) is 32.4 Å². The molecule has 0 fully saturated rings. The molecule has 4 rings (SSSR count). The molecular formula is C25H21ClN4O2. The van der Waals surface area contributed by atoms with Crippen LogP contribution in [0, 0.1) is 18.3 Å². The Bertz CT molecular complexity index is 1350. The number of hydrogen-bond donors (Lipinski definition) is 1. The fraction of sp³-hybridized carbons (Fsp3) is 0.160. The molecule has 0 unspecified atom stereocenters. The van der Waals surface area contributed by atoms with Gasteiger partial charge in [-0.2, -0.15) is 10.4 Å². The molecule has 0 bridgehead atoms. The summed E-state index contributed by atoms with van der Waals surface area (Å²) >= 11 is 6.18. The van der Waals surface area contributed by atoms with E-state index in [-0.39, 0.29) is 0 Å². The Balaban J connectivity index is 1.70. The summed E-state index contributed by atoms with van der Waals surface area (Å²) in [6.45, 7) is 2.42. The van der Waals surface area contributed by atoms with Crippen LogP contribution >= 0.6 is 11.6 Å². The zero-order valence-electron chi connectivity index (χ0n) is 17.9. The normalized spacial score (nSPS) is 10.6. The number of nitrogens with zero attached hydrogens (tertiary/aromatic N) is 3. The Kier molecular flexibility index (Phi) is 6.11. The highest BCUT2D eigenvalue weighted by atomic mass is 35.5. The number of ether oxygens (including phenoxy) is 2. The lowest BCUT2D eigenvalue weighted by atomic mass is 9.97. The van der Waals surface area contributed by atoms with Gasteiger partial charge in [0.1, 0.15) is 11.5 Å². The van der Waals surface area contributed by atoms with Gasteiger partial charge in [-0.1, -0.05) is 17.7 Å². The minimum Gasteiger partial charge on any atom is -0.497 e. The van der Waals surface area contributed by atoms with E-state index in [2.05, 4.69) is 21.6 Å². The number of nitriles is 1. The van der Waals surface area contributed by atoms with Crippen molar-refractivity contribution < 1.29 is 9.47 Å². The third-order valence-corrected chi connectivity index (χ3v) is 5.55. The smallest absolute Gasteiger partial charge is 0.156 e. The van der Waals surface area contributed by atoms with Gasteiger partial charge in [-0.15, -0.1) is 5.10 Å². The first-order valence-electron chi connectivity index (χ1n) is 9.96. The van der Waals surface area contributed by atoms with E-state index in [0.29, 0.717) is 22.9 Å². The predicted octanol–water partition coefficient (Wildman–Crippen LogP) is 5.76. The van der Waals surface area contributed by atoms with E-state index < -0.39 is 0 Å². The van der Waals surface area contributed by atoms with Crippen LogP contribution in [-0.4, -0.2) is 24.4 Å². The number of fused-ring (bicyclic) bond motifs is 1. The Morgan fingerprint density at radius 2 is 1.81 bits per heavy atom. The van der Waals surface area contributed by atoms with Crippen LogP contribution in [0.5, 0.6) is 11.5 Å². The Morgan fingerprint density at radius 1 is 0.969 bits per heavy atom. The molecule has 0 aliphatic rings. The fourth-order valence-corrected chi connectivity index (χ4v) is 3.78. The van der Waals surface area contributed by atoms with Crippen molar-refractivity contribution in [3.63, 3.8) is 0 Å². The van der Waals surface area contributed by atoms with E-state index in [1.807, 2.05) is 43.3 Å². The number of hydrogen-bond acceptors (Lipinski definition) is 6. The van der Waals surface area contributed by atoms with E-state index >= 15 is 0 Å². The van der Waals surface area contributed by atoms with Crippen molar-refractivity contribution in [1.29, 1.82) is 5.26 Å². The molecule has 0 aliphatic heterocycles. The molecule has 0 radical (unpaired) electrons. The van der Waals surface area contributed by atoms with Crippen LogP contribution in [0.4, 0.5) is 5.82 Å². The number of rotatable bonds is 6. The van der Waals surface area contributed by atoms with Crippen molar-refractivity contribution >= 4 is 28.2 Å². The summed E-state index contributed by atoms with van der Waals surface area (Å²) in [4.78, 5) is 0. The lowest BCUT2D eigenvalue weighted by Gasteiger charge is -2.14. The maximum absolute atomic E-state index is 9.49. The number of halogens is 1. The van der Waals surface area contributed by atoms with Crippen molar-refractivity contribution in [1.82, 2.24) is 10.2 Å². The molecule has 6 nitrogen and oxygen atoms in total. The minimum absolute atomic E-state index is 0.509. The summed E-state index contributed by atoms with van der Waals surface area (Å²) in [6, 6.07) is 19.2. The van der Waals surface area contributed by atoms with Gasteiger partial charge in [0, 0.05) is 39.5 Å². The first-order valence-corrected chi connectivity index (χ1v) is 10.3. The molecular weight excluding hydrogens is 424 g/mol. The average Bonchev–Trinajstić information content (AvgIpc) is 2.83. The van der Waals surface area contributed by atoms with Crippen LogP contribution in [0.3, 0.4) is 0 Å². The van der Waals surface area contributed by atoms with E-state index in [0.717, 1.165) is 44.7 Å². The van der Waals surface area contributed by atoms with Gasteiger partial charge in [0.15, 0.2) is 5.82 Å². The van der Waals surface area contributed by atoms with E-state index in [4.69, 9.17) is 21.1 Å². The molecule has 1 N–H and O–H groups in total. The largest absolute Gasteiger partial charge is 0.497 e. The topological polar surface area (TPSA) is 80.1 Å². The second-order valence-corrected chi connectivity index (χ2v) is 7.66. The van der Waals surface area contributed by atoms with E-state index in [1.165, 1.54) is 0 Å². The summed E-state index contributed by atoms with van der Waals surface area (Å²) in [7, 11) is 3.25. The molecule has 1 aromatic heterocycles. The number of aromatic nitrogens is 2. The number of methoxy groups -OCH3 is 2. The molecule has 0 aliphatic carbocycles. The van der Waals surface area contributed by atoms with Crippen LogP contribution < -0.4 is 14.8 Å². The van der Waals surface area contributed by atoms with Gasteiger partial charge < -0.3 is 14.8 Å². The molecule has 1 heterocycles. The average molecular weight is 445 g/mol. The van der Waals surface area contributed by atoms with Crippen molar-refractivity contribution in [2.45, 2.75) is 13.5 Å². The molecule has 0 saturated carbocycles. The van der Waals surface area contributed by atoms with Gasteiger partial charge in [-0.25, -0.2) is 0 Å². The summed E-state index contributed by atoms with van der Waals surface area (Å²) in [5, 5.41) is 24.0. The van der Waals surface area contributed by atoms with Crippen molar-refractivity contribution in [2.75, 3.05) is 19.5 Å². The third-order valence-electron chi connectivity index (χ3n) is 5.32. The van der Waals surface area contributed by atoms with Crippen molar-refractivity contribution in [3.05, 3.63) is 76.4 Å². The highest BCUT2D eigenvalue weighted by molar-refractivity contribution is 6.31. The zero-order chi connectivity index (χ0) is 22.7. The standard InChI is InChI=1S/C25H21ClN4O2/c1-15-22-10-16(23-11-19(26)7-4-17(23)13-27)6-9-21(22)25(30-29-15)28-14-18-5-8-20(31-2)12-24(18)32-3/h4-12H,14H2,1-3H3,(H,28,30). The van der Waals surface area contributed by atoms with Crippen LogP contribution in [0.1, 0.15) is 16.8 Å². The van der Waals surface area contributed by atoms with Gasteiger partial charge in [0.25, 0.3) is 0 Å². The Hall–Kier alpha value is -3.82. The molecule has 3 aromatic carbocycles. The number of anilines is 1. The maximum Gasteiger partial charge on any atom is 0.156 e. The Morgan fingerprint density at radius 3 is 2.56 bits per heavy atom. The van der Waals surface area contributed by atoms with Gasteiger partial charge in [-0.3, -0.25) is 0 Å². The summed E-state index contributed by atoms with van der Waals surface area (Å²) < 4.78 is 10.8. The highest BCUT2D eigenvalue weighted by Crippen LogP contribution is 2.32. The monoisotopic (exact) mass is 444 g/mol. The first kappa shape index (κ1) is 21.4. The summed E-state index contributed by atoms with van der Waals surface area (Å²) in [5.74, 6) is 2.13. The lowest BCUT2D eigenvalue weighted by molar-refractivity contribution is 0.391. The first-order chi connectivity index (χ1) is 15.5. The summed E-state index contributed by atoms with van der Waals surface area (Å²) in [6.07, 6.45) is 0. The molecule has 160 valence electrons. The molecule has 7 heteroatoms. The Labute approximate surface area is 191 Å². The quantitative estimate of drug-likeness (QED) is 0.407. The SMILES string of the molecule is COc1ccc(CNc2nnc(C)c3cc(-c4cc(Cl)ccc4C#N)ccc23)c(OC)c1.